The van der Waals surface area contributed by atoms with Gasteiger partial charge in [0.05, 0.1) is 0 Å². The van der Waals surface area contributed by atoms with Crippen molar-refractivity contribution in [1.29, 1.82) is 0 Å². The van der Waals surface area contributed by atoms with E-state index in [-0.39, 0.29) is 5.97 Å². The number of hydrogen-bond acceptors (Lipinski definition) is 2. The van der Waals surface area contributed by atoms with Gasteiger partial charge in [0.25, 0.3) is 0 Å². The van der Waals surface area contributed by atoms with E-state index >= 15 is 0 Å². The average Bonchev–Trinajstić information content (AvgIpc) is 2.62. The first-order chi connectivity index (χ1) is 8.56. The van der Waals surface area contributed by atoms with Crippen LogP contribution >= 0.6 is 0 Å². The van der Waals surface area contributed by atoms with Crippen LogP contribution in [0.1, 0.15) is 19.4 Å². The molecule has 90 valence electrons. The number of hydrogen-bond donors (Lipinski definition) is 0. The molecule has 2 heteroatoms. The highest BCUT2D eigenvalue weighted by atomic mass is 16.6. The van der Waals surface area contributed by atoms with Crippen LogP contribution in [-0.4, -0.2) is 11.6 Å². The Kier molecular flexibility index (Phi) is 2.27. The van der Waals surface area contributed by atoms with Gasteiger partial charge in [-0.15, -0.1) is 0 Å². The fourth-order valence-corrected chi connectivity index (χ4v) is 2.42. The minimum Gasteiger partial charge on any atom is -0.452 e. The number of carbonyl (C=O) groups excluding carboxylic acids is 1. The van der Waals surface area contributed by atoms with E-state index in [0.717, 1.165) is 11.1 Å². The lowest BCUT2D eigenvalue weighted by Crippen LogP contribution is -2.22. The van der Waals surface area contributed by atoms with Crippen LogP contribution in [0.4, 0.5) is 0 Å². The summed E-state index contributed by atoms with van der Waals surface area (Å²) in [5.74, 6) is -0.261. The van der Waals surface area contributed by atoms with Gasteiger partial charge in [-0.2, -0.15) is 0 Å². The number of fused-ring (bicyclic) bond motifs is 1. The molecule has 0 spiro atoms. The van der Waals surface area contributed by atoms with Crippen LogP contribution < -0.4 is 0 Å². The minimum absolute atomic E-state index is 0.261. The number of rotatable bonds is 1. The lowest BCUT2D eigenvalue weighted by Gasteiger charge is -2.21. The predicted molar refractivity (Wildman–Crippen MR) is 72.1 cm³/mol. The third-order valence-corrected chi connectivity index (χ3v) is 3.33. The van der Waals surface area contributed by atoms with Crippen molar-refractivity contribution in [2.45, 2.75) is 19.4 Å². The zero-order valence-electron chi connectivity index (χ0n) is 10.4. The molecule has 3 rings (SSSR count). The molecule has 0 saturated heterocycles. The summed E-state index contributed by atoms with van der Waals surface area (Å²) in [7, 11) is 0. The summed E-state index contributed by atoms with van der Waals surface area (Å²) in [4.78, 5) is 11.4. The van der Waals surface area contributed by atoms with Crippen molar-refractivity contribution >= 4 is 22.3 Å². The average molecular weight is 238 g/mol. The van der Waals surface area contributed by atoms with Gasteiger partial charge in [-0.05, 0) is 36.2 Å². The van der Waals surface area contributed by atoms with Gasteiger partial charge in [-0.25, -0.2) is 4.79 Å². The van der Waals surface area contributed by atoms with Crippen LogP contribution in [0.25, 0.3) is 16.3 Å². The summed E-state index contributed by atoms with van der Waals surface area (Å²) >= 11 is 0. The van der Waals surface area contributed by atoms with Crippen molar-refractivity contribution in [3.63, 3.8) is 0 Å². The molecule has 0 fully saturated rings. The molecule has 0 saturated carbocycles. The van der Waals surface area contributed by atoms with Crippen LogP contribution in [0, 0.1) is 0 Å². The maximum atomic E-state index is 11.4. The highest BCUT2D eigenvalue weighted by molar-refractivity contribution is 5.99. The molecular formula is C16H14O2. The molecule has 0 unspecified atom stereocenters. The van der Waals surface area contributed by atoms with Crippen LogP contribution in [0.5, 0.6) is 0 Å². The number of carbonyl (C=O) groups is 1. The van der Waals surface area contributed by atoms with E-state index in [4.69, 9.17) is 4.74 Å². The van der Waals surface area contributed by atoms with Crippen molar-refractivity contribution in [3.05, 3.63) is 54.1 Å². The molecule has 0 aromatic heterocycles. The Morgan fingerprint density at radius 3 is 2.39 bits per heavy atom. The predicted octanol–water partition coefficient (Wildman–Crippen LogP) is 3.56. The fraction of sp³-hybridized carbons (Fsp3) is 0.188. The first kappa shape index (κ1) is 11.0. The van der Waals surface area contributed by atoms with Gasteiger partial charge in [-0.3, -0.25) is 0 Å². The monoisotopic (exact) mass is 238 g/mol. The molecule has 0 bridgehead atoms. The van der Waals surface area contributed by atoms with Crippen molar-refractivity contribution in [2.24, 2.45) is 0 Å². The summed E-state index contributed by atoms with van der Waals surface area (Å²) in [5, 5.41) is 2.37. The van der Waals surface area contributed by atoms with E-state index in [1.807, 2.05) is 32.0 Å². The summed E-state index contributed by atoms with van der Waals surface area (Å²) < 4.78 is 5.30. The van der Waals surface area contributed by atoms with E-state index in [1.54, 1.807) is 6.08 Å². The van der Waals surface area contributed by atoms with Gasteiger partial charge < -0.3 is 4.74 Å². The molecular weight excluding hydrogens is 224 g/mol. The summed E-state index contributed by atoms with van der Waals surface area (Å²) in [5.41, 5.74) is 1.45. The molecule has 0 aliphatic carbocycles. The quantitative estimate of drug-likeness (QED) is 0.710. The molecule has 1 aliphatic rings. The van der Waals surface area contributed by atoms with Crippen LogP contribution in [0.2, 0.25) is 0 Å². The third kappa shape index (κ3) is 1.70. The van der Waals surface area contributed by atoms with Gasteiger partial charge in [0.1, 0.15) is 5.60 Å². The number of ether oxygens (including phenoxy) is 1. The topological polar surface area (TPSA) is 26.3 Å². The highest BCUT2D eigenvalue weighted by Crippen LogP contribution is 2.36. The van der Waals surface area contributed by atoms with Gasteiger partial charge in [0.15, 0.2) is 0 Å². The van der Waals surface area contributed by atoms with E-state index in [9.17, 15) is 4.79 Å². The van der Waals surface area contributed by atoms with E-state index < -0.39 is 5.60 Å². The Labute approximate surface area is 106 Å². The number of benzene rings is 2. The molecule has 0 N–H and O–H groups in total. The second-order valence-corrected chi connectivity index (χ2v) is 5.05. The Balaban J connectivity index is 2.15. The Bertz CT molecular complexity index is 666. The summed E-state index contributed by atoms with van der Waals surface area (Å²) in [6, 6.07) is 14.4. The molecule has 1 aliphatic heterocycles. The van der Waals surface area contributed by atoms with Crippen LogP contribution in [0.15, 0.2) is 48.5 Å². The van der Waals surface area contributed by atoms with Gasteiger partial charge in [-0.1, -0.05) is 36.4 Å². The summed E-state index contributed by atoms with van der Waals surface area (Å²) in [6.45, 7) is 3.83. The van der Waals surface area contributed by atoms with E-state index in [0.29, 0.717) is 0 Å². The third-order valence-electron chi connectivity index (χ3n) is 3.33. The SMILES string of the molecule is CC1(C)OC(=O)C=C1c1ccc2ccccc2c1. The van der Waals surface area contributed by atoms with E-state index in [1.165, 1.54) is 10.8 Å². The lowest BCUT2D eigenvalue weighted by molar-refractivity contribution is -0.142. The maximum Gasteiger partial charge on any atom is 0.332 e. The molecule has 0 radical (unpaired) electrons. The van der Waals surface area contributed by atoms with Crippen molar-refractivity contribution in [1.82, 2.24) is 0 Å². The highest BCUT2D eigenvalue weighted by Gasteiger charge is 2.34. The second-order valence-electron chi connectivity index (χ2n) is 5.05. The van der Waals surface area contributed by atoms with E-state index in [2.05, 4.69) is 24.3 Å². The Hall–Kier alpha value is -2.09. The molecule has 2 aromatic carbocycles. The lowest BCUT2D eigenvalue weighted by atomic mass is 9.91. The molecule has 18 heavy (non-hydrogen) atoms. The molecule has 0 amide bonds. The zero-order valence-corrected chi connectivity index (χ0v) is 10.4. The standard InChI is InChI=1S/C16H14O2/c1-16(2)14(10-15(17)18-16)13-8-7-11-5-3-4-6-12(11)9-13/h3-10H,1-2H3. The van der Waals surface area contributed by atoms with Gasteiger partial charge in [0.2, 0.25) is 0 Å². The summed E-state index contributed by atoms with van der Waals surface area (Å²) in [6.07, 6.45) is 1.59. The van der Waals surface area contributed by atoms with Crippen LogP contribution in [-0.2, 0) is 9.53 Å². The smallest absolute Gasteiger partial charge is 0.332 e. The molecule has 0 atom stereocenters. The first-order valence-corrected chi connectivity index (χ1v) is 6.01. The second kappa shape index (κ2) is 3.70. The van der Waals surface area contributed by atoms with Gasteiger partial charge in [0, 0.05) is 11.6 Å². The Morgan fingerprint density at radius 1 is 1.00 bits per heavy atom. The zero-order chi connectivity index (χ0) is 12.8. The Morgan fingerprint density at radius 2 is 1.72 bits per heavy atom. The van der Waals surface area contributed by atoms with Gasteiger partial charge >= 0.3 is 5.97 Å². The molecule has 1 heterocycles. The van der Waals surface area contributed by atoms with Crippen molar-refractivity contribution in [2.75, 3.05) is 0 Å². The van der Waals surface area contributed by atoms with Crippen LogP contribution in [0.3, 0.4) is 0 Å². The molecule has 2 nitrogen and oxygen atoms in total. The largest absolute Gasteiger partial charge is 0.452 e. The maximum absolute atomic E-state index is 11.4. The van der Waals surface area contributed by atoms with Crippen molar-refractivity contribution < 1.29 is 9.53 Å². The molecule has 2 aromatic rings. The first-order valence-electron chi connectivity index (χ1n) is 6.01. The van der Waals surface area contributed by atoms with Crippen molar-refractivity contribution in [3.8, 4) is 0 Å². The normalized spacial score (nSPS) is 17.7. The number of esters is 1. The fourth-order valence-electron chi connectivity index (χ4n) is 2.42. The number of cyclic esters (lactones) is 1. The minimum atomic E-state index is -0.542.